The summed E-state index contributed by atoms with van der Waals surface area (Å²) < 4.78 is 0. The van der Waals surface area contributed by atoms with E-state index in [4.69, 9.17) is 0 Å². The van der Waals surface area contributed by atoms with Gasteiger partial charge in [0.25, 0.3) is 11.8 Å². The van der Waals surface area contributed by atoms with E-state index in [2.05, 4.69) is 10.9 Å². The van der Waals surface area contributed by atoms with Gasteiger partial charge in [-0.1, -0.05) is 19.1 Å². The lowest BCUT2D eigenvalue weighted by molar-refractivity contribution is -0.117. The summed E-state index contributed by atoms with van der Waals surface area (Å²) in [5, 5.41) is 0. The minimum Gasteiger partial charge on any atom is -0.312 e. The molecule has 0 atom stereocenters. The highest BCUT2D eigenvalue weighted by Gasteiger charge is 2.25. The number of carbonyl (C=O) groups is 3. The van der Waals surface area contributed by atoms with Crippen molar-refractivity contribution in [2.75, 3.05) is 11.4 Å². The maximum Gasteiger partial charge on any atom is 0.279 e. The third-order valence-corrected chi connectivity index (χ3v) is 5.75. The highest BCUT2D eigenvalue weighted by Crippen LogP contribution is 2.25. The average molecular weight is 371 g/mol. The SMILES string of the molecule is CCc1sc(C(=O)NNC(=O)c2ccccc2N2CCCC2=O)cc1C. The molecule has 0 spiro atoms. The molecule has 1 aliphatic rings. The number of nitrogens with zero attached hydrogens (tertiary/aromatic N) is 1. The zero-order valence-electron chi connectivity index (χ0n) is 14.8. The summed E-state index contributed by atoms with van der Waals surface area (Å²) in [5.41, 5.74) is 6.92. The molecule has 1 aromatic heterocycles. The van der Waals surface area contributed by atoms with E-state index in [0.717, 1.165) is 23.3 Å². The first-order valence-corrected chi connectivity index (χ1v) is 9.42. The Balaban J connectivity index is 1.70. The van der Waals surface area contributed by atoms with Gasteiger partial charge in [0.05, 0.1) is 16.1 Å². The van der Waals surface area contributed by atoms with Gasteiger partial charge in [-0.15, -0.1) is 11.3 Å². The Labute approximate surface area is 156 Å². The average Bonchev–Trinajstić information content (AvgIpc) is 3.24. The van der Waals surface area contributed by atoms with E-state index in [1.807, 2.05) is 19.9 Å². The second kappa shape index (κ2) is 7.70. The Bertz CT molecular complexity index is 859. The van der Waals surface area contributed by atoms with Gasteiger partial charge in [-0.2, -0.15) is 0 Å². The van der Waals surface area contributed by atoms with Crippen LogP contribution in [0, 0.1) is 6.92 Å². The number of para-hydroxylation sites is 1. The van der Waals surface area contributed by atoms with E-state index in [1.165, 1.54) is 11.3 Å². The molecule has 2 N–H and O–H groups in total. The van der Waals surface area contributed by atoms with Crippen LogP contribution < -0.4 is 15.8 Å². The first kappa shape index (κ1) is 18.1. The molecule has 3 rings (SSSR count). The minimum atomic E-state index is -0.447. The van der Waals surface area contributed by atoms with Crippen molar-refractivity contribution in [3.05, 3.63) is 51.2 Å². The van der Waals surface area contributed by atoms with Crippen LogP contribution in [-0.4, -0.2) is 24.3 Å². The summed E-state index contributed by atoms with van der Waals surface area (Å²) in [5.74, 6) is -0.783. The zero-order valence-corrected chi connectivity index (χ0v) is 15.6. The molecule has 1 aromatic carbocycles. The molecular formula is C19H21N3O3S. The lowest BCUT2D eigenvalue weighted by Gasteiger charge is -2.19. The maximum absolute atomic E-state index is 12.5. The Morgan fingerprint density at radius 2 is 1.92 bits per heavy atom. The van der Waals surface area contributed by atoms with Crippen molar-refractivity contribution in [3.63, 3.8) is 0 Å². The fourth-order valence-corrected chi connectivity index (χ4v) is 4.04. The molecule has 0 bridgehead atoms. The molecule has 0 aliphatic carbocycles. The van der Waals surface area contributed by atoms with Gasteiger partial charge < -0.3 is 4.90 Å². The predicted molar refractivity (Wildman–Crippen MR) is 101 cm³/mol. The van der Waals surface area contributed by atoms with Crippen LogP contribution in [0.4, 0.5) is 5.69 Å². The van der Waals surface area contributed by atoms with E-state index in [0.29, 0.717) is 29.1 Å². The second-order valence-corrected chi connectivity index (χ2v) is 7.28. The normalized spacial score (nSPS) is 13.8. The summed E-state index contributed by atoms with van der Waals surface area (Å²) in [6.07, 6.45) is 2.14. The summed E-state index contributed by atoms with van der Waals surface area (Å²) in [4.78, 5) is 40.1. The molecule has 2 aromatic rings. The van der Waals surface area contributed by atoms with Crippen LogP contribution in [0.15, 0.2) is 30.3 Å². The van der Waals surface area contributed by atoms with Gasteiger partial charge in [-0.3, -0.25) is 25.2 Å². The third kappa shape index (κ3) is 3.62. The first-order valence-electron chi connectivity index (χ1n) is 8.60. The van der Waals surface area contributed by atoms with E-state index < -0.39 is 5.91 Å². The molecular weight excluding hydrogens is 350 g/mol. The molecule has 0 saturated carbocycles. The molecule has 136 valence electrons. The first-order chi connectivity index (χ1) is 12.5. The topological polar surface area (TPSA) is 78.5 Å². The number of thiophene rings is 1. The molecule has 0 unspecified atom stereocenters. The number of hydrazine groups is 1. The molecule has 7 heteroatoms. The van der Waals surface area contributed by atoms with Crippen molar-refractivity contribution in [1.82, 2.24) is 10.9 Å². The predicted octanol–water partition coefficient (Wildman–Crippen LogP) is 2.82. The van der Waals surface area contributed by atoms with Crippen molar-refractivity contribution < 1.29 is 14.4 Å². The van der Waals surface area contributed by atoms with Crippen molar-refractivity contribution >= 4 is 34.7 Å². The Morgan fingerprint density at radius 3 is 2.58 bits per heavy atom. The van der Waals surface area contributed by atoms with Gasteiger partial charge >= 0.3 is 0 Å². The van der Waals surface area contributed by atoms with Crippen molar-refractivity contribution in [1.29, 1.82) is 0 Å². The molecule has 1 aliphatic heterocycles. The Kier molecular flexibility index (Phi) is 5.37. The number of carbonyl (C=O) groups excluding carboxylic acids is 3. The summed E-state index contributed by atoms with van der Waals surface area (Å²) in [7, 11) is 0. The number of hydrogen-bond acceptors (Lipinski definition) is 4. The zero-order chi connectivity index (χ0) is 18.7. The second-order valence-electron chi connectivity index (χ2n) is 6.14. The molecule has 1 saturated heterocycles. The van der Waals surface area contributed by atoms with Crippen LogP contribution in [0.1, 0.15) is 50.2 Å². The number of rotatable bonds is 4. The standard InChI is InChI=1S/C19H21N3O3S/c1-3-15-12(2)11-16(26-15)19(25)21-20-18(24)13-7-4-5-8-14(13)22-10-6-9-17(22)23/h4-5,7-8,11H,3,6,9-10H2,1-2H3,(H,20,24)(H,21,25). The number of amides is 3. The number of aryl methyl sites for hydroxylation is 2. The lowest BCUT2D eigenvalue weighted by Crippen LogP contribution is -2.42. The summed E-state index contributed by atoms with van der Waals surface area (Å²) in [6, 6.07) is 8.73. The number of benzene rings is 1. The minimum absolute atomic E-state index is 0.00967. The van der Waals surface area contributed by atoms with E-state index in [-0.39, 0.29) is 11.8 Å². The molecule has 3 amide bonds. The highest BCUT2D eigenvalue weighted by molar-refractivity contribution is 7.14. The van der Waals surface area contributed by atoms with Crippen molar-refractivity contribution in [2.45, 2.75) is 33.1 Å². The fourth-order valence-electron chi connectivity index (χ4n) is 3.03. The van der Waals surface area contributed by atoms with Gasteiger partial charge in [0.1, 0.15) is 0 Å². The smallest absolute Gasteiger partial charge is 0.279 e. The van der Waals surface area contributed by atoms with Gasteiger partial charge in [0.15, 0.2) is 0 Å². The van der Waals surface area contributed by atoms with Crippen LogP contribution in [0.2, 0.25) is 0 Å². The van der Waals surface area contributed by atoms with E-state index in [1.54, 1.807) is 29.2 Å². The number of anilines is 1. The Hall–Kier alpha value is -2.67. The monoisotopic (exact) mass is 371 g/mol. The molecule has 26 heavy (non-hydrogen) atoms. The molecule has 0 radical (unpaired) electrons. The molecule has 2 heterocycles. The van der Waals surface area contributed by atoms with Crippen LogP contribution in [-0.2, 0) is 11.2 Å². The Morgan fingerprint density at radius 1 is 1.19 bits per heavy atom. The fraction of sp³-hybridized carbons (Fsp3) is 0.316. The highest BCUT2D eigenvalue weighted by atomic mass is 32.1. The van der Waals surface area contributed by atoms with Gasteiger partial charge in [-0.05, 0) is 43.5 Å². The third-order valence-electron chi connectivity index (χ3n) is 4.37. The van der Waals surface area contributed by atoms with E-state index >= 15 is 0 Å². The van der Waals surface area contributed by atoms with Crippen LogP contribution >= 0.6 is 11.3 Å². The van der Waals surface area contributed by atoms with Gasteiger partial charge in [0, 0.05) is 17.8 Å². The maximum atomic E-state index is 12.5. The van der Waals surface area contributed by atoms with Crippen LogP contribution in [0.25, 0.3) is 0 Å². The summed E-state index contributed by atoms with van der Waals surface area (Å²) in [6.45, 7) is 4.61. The van der Waals surface area contributed by atoms with Crippen molar-refractivity contribution in [2.24, 2.45) is 0 Å². The lowest BCUT2D eigenvalue weighted by atomic mass is 10.1. The summed E-state index contributed by atoms with van der Waals surface area (Å²) >= 11 is 1.42. The number of hydrogen-bond donors (Lipinski definition) is 2. The van der Waals surface area contributed by atoms with E-state index in [9.17, 15) is 14.4 Å². The van der Waals surface area contributed by atoms with Gasteiger partial charge in [-0.25, -0.2) is 0 Å². The molecule has 1 fully saturated rings. The van der Waals surface area contributed by atoms with Crippen LogP contribution in [0.5, 0.6) is 0 Å². The van der Waals surface area contributed by atoms with Crippen LogP contribution in [0.3, 0.4) is 0 Å². The molecule has 6 nitrogen and oxygen atoms in total. The quantitative estimate of drug-likeness (QED) is 0.811. The number of nitrogens with one attached hydrogen (secondary N) is 2. The van der Waals surface area contributed by atoms with Crippen molar-refractivity contribution in [3.8, 4) is 0 Å². The van der Waals surface area contributed by atoms with Gasteiger partial charge in [0.2, 0.25) is 5.91 Å². The largest absolute Gasteiger partial charge is 0.312 e.